The third-order valence-corrected chi connectivity index (χ3v) is 3.18. The van der Waals surface area contributed by atoms with Crippen molar-refractivity contribution >= 4 is 29.0 Å². The van der Waals surface area contributed by atoms with Gasteiger partial charge in [0.25, 0.3) is 0 Å². The fourth-order valence-electron chi connectivity index (χ4n) is 1.70. The van der Waals surface area contributed by atoms with Gasteiger partial charge in [-0.3, -0.25) is 5.43 Å². The second-order valence-electron chi connectivity index (χ2n) is 4.50. The van der Waals surface area contributed by atoms with E-state index in [9.17, 15) is 4.79 Å². The number of halogens is 1. The normalized spacial score (nSPS) is 11.1. The predicted octanol–water partition coefficient (Wildman–Crippen LogP) is 3.64. The molecule has 0 heterocycles. The molecule has 0 aliphatic heterocycles. The molecule has 0 spiro atoms. The summed E-state index contributed by atoms with van der Waals surface area (Å²) in [5.74, 6) is -0.510. The summed E-state index contributed by atoms with van der Waals surface area (Å²) in [4.78, 5) is 10.4. The molecule has 0 saturated carbocycles. The van der Waals surface area contributed by atoms with Gasteiger partial charge in [0.15, 0.2) is 6.61 Å². The number of ether oxygens (including phenoxy) is 1. The van der Waals surface area contributed by atoms with Crippen LogP contribution < -0.4 is 10.2 Å². The Bertz CT molecular complexity index is 684. The lowest BCUT2D eigenvalue weighted by molar-refractivity contribution is -0.139. The van der Waals surface area contributed by atoms with Gasteiger partial charge >= 0.3 is 5.97 Å². The molecule has 0 atom stereocenters. The number of hydrazone groups is 1. The van der Waals surface area contributed by atoms with Gasteiger partial charge in [-0.25, -0.2) is 4.79 Å². The molecule has 0 bridgehead atoms. The van der Waals surface area contributed by atoms with Crippen LogP contribution in [-0.4, -0.2) is 23.4 Å². The standard InChI is InChI=1S/C16H15ClN2O3/c1-11(18-19-15-5-3-2-4-14(15)17)12-6-8-13(9-7-12)22-10-16(20)21/h2-9,19H,10H2,1H3,(H,20,21)/b18-11-. The first kappa shape index (κ1) is 15.9. The van der Waals surface area contributed by atoms with Crippen molar-refractivity contribution in [3.8, 4) is 5.75 Å². The Kier molecular flexibility index (Phi) is 5.38. The molecule has 0 unspecified atom stereocenters. The molecule has 0 fully saturated rings. The first-order chi connectivity index (χ1) is 10.6. The number of anilines is 1. The Labute approximate surface area is 133 Å². The SMILES string of the molecule is C/C(=N/Nc1ccccc1Cl)c1ccc(OCC(=O)O)cc1. The molecule has 0 amide bonds. The number of rotatable bonds is 6. The van der Waals surface area contributed by atoms with E-state index in [1.807, 2.05) is 37.3 Å². The van der Waals surface area contributed by atoms with Crippen LogP contribution in [0.2, 0.25) is 5.02 Å². The topological polar surface area (TPSA) is 70.9 Å². The van der Waals surface area contributed by atoms with Crippen LogP contribution in [0.25, 0.3) is 0 Å². The number of carboxylic acids is 1. The number of aliphatic carboxylic acids is 1. The van der Waals surface area contributed by atoms with Crippen molar-refractivity contribution in [2.45, 2.75) is 6.92 Å². The van der Waals surface area contributed by atoms with Crippen molar-refractivity contribution in [2.75, 3.05) is 12.0 Å². The smallest absolute Gasteiger partial charge is 0.341 e. The number of carboxylic acid groups (broad SMARTS) is 1. The van der Waals surface area contributed by atoms with Gasteiger partial charge in [-0.05, 0) is 48.9 Å². The zero-order chi connectivity index (χ0) is 15.9. The van der Waals surface area contributed by atoms with Crippen molar-refractivity contribution in [3.05, 3.63) is 59.1 Å². The molecule has 0 aliphatic carbocycles. The molecule has 114 valence electrons. The summed E-state index contributed by atoms with van der Waals surface area (Å²) in [5.41, 5.74) is 5.30. The van der Waals surface area contributed by atoms with Crippen LogP contribution >= 0.6 is 11.6 Å². The van der Waals surface area contributed by atoms with Crippen molar-refractivity contribution in [1.82, 2.24) is 0 Å². The van der Waals surface area contributed by atoms with E-state index in [-0.39, 0.29) is 6.61 Å². The first-order valence-corrected chi connectivity index (χ1v) is 6.94. The van der Waals surface area contributed by atoms with E-state index in [1.165, 1.54) is 0 Å². The second kappa shape index (κ2) is 7.47. The summed E-state index contributed by atoms with van der Waals surface area (Å²) >= 11 is 6.04. The van der Waals surface area contributed by atoms with E-state index in [4.69, 9.17) is 21.4 Å². The van der Waals surface area contributed by atoms with Crippen LogP contribution in [0.1, 0.15) is 12.5 Å². The zero-order valence-corrected chi connectivity index (χ0v) is 12.7. The Morgan fingerprint density at radius 2 is 1.91 bits per heavy atom. The minimum absolute atomic E-state index is 0.361. The maximum atomic E-state index is 10.4. The summed E-state index contributed by atoms with van der Waals surface area (Å²) in [6, 6.07) is 14.4. The van der Waals surface area contributed by atoms with Crippen LogP contribution in [0.15, 0.2) is 53.6 Å². The van der Waals surface area contributed by atoms with Crippen molar-refractivity contribution in [2.24, 2.45) is 5.10 Å². The number of nitrogens with one attached hydrogen (secondary N) is 1. The minimum atomic E-state index is -1.01. The maximum absolute atomic E-state index is 10.4. The second-order valence-corrected chi connectivity index (χ2v) is 4.90. The molecular formula is C16H15ClN2O3. The molecule has 0 saturated heterocycles. The number of carbonyl (C=O) groups is 1. The van der Waals surface area contributed by atoms with Crippen LogP contribution in [0.3, 0.4) is 0 Å². The highest BCUT2D eigenvalue weighted by molar-refractivity contribution is 6.33. The number of hydrogen-bond acceptors (Lipinski definition) is 4. The van der Waals surface area contributed by atoms with Gasteiger partial charge in [0.1, 0.15) is 5.75 Å². The van der Waals surface area contributed by atoms with Gasteiger partial charge in [-0.2, -0.15) is 5.10 Å². The number of para-hydroxylation sites is 1. The highest BCUT2D eigenvalue weighted by Crippen LogP contribution is 2.20. The molecule has 0 aliphatic rings. The monoisotopic (exact) mass is 318 g/mol. The van der Waals surface area contributed by atoms with E-state index in [0.29, 0.717) is 10.8 Å². The maximum Gasteiger partial charge on any atom is 0.341 e. The largest absolute Gasteiger partial charge is 0.482 e. The molecule has 0 aromatic heterocycles. The zero-order valence-electron chi connectivity index (χ0n) is 11.9. The number of hydrogen-bond donors (Lipinski definition) is 2. The minimum Gasteiger partial charge on any atom is -0.482 e. The molecule has 0 radical (unpaired) electrons. The summed E-state index contributed by atoms with van der Waals surface area (Å²) in [6.07, 6.45) is 0. The van der Waals surface area contributed by atoms with Gasteiger partial charge in [0.2, 0.25) is 0 Å². The van der Waals surface area contributed by atoms with E-state index in [2.05, 4.69) is 10.5 Å². The fourth-order valence-corrected chi connectivity index (χ4v) is 1.88. The van der Waals surface area contributed by atoms with Gasteiger partial charge in [-0.1, -0.05) is 23.7 Å². The van der Waals surface area contributed by atoms with E-state index >= 15 is 0 Å². The Morgan fingerprint density at radius 1 is 1.23 bits per heavy atom. The first-order valence-electron chi connectivity index (χ1n) is 6.56. The van der Waals surface area contributed by atoms with Crippen molar-refractivity contribution in [1.29, 1.82) is 0 Å². The quantitative estimate of drug-likeness (QED) is 0.630. The van der Waals surface area contributed by atoms with Crippen molar-refractivity contribution in [3.63, 3.8) is 0 Å². The van der Waals surface area contributed by atoms with Gasteiger partial charge in [0, 0.05) is 0 Å². The lowest BCUT2D eigenvalue weighted by atomic mass is 10.1. The summed E-state index contributed by atoms with van der Waals surface area (Å²) < 4.78 is 5.07. The highest BCUT2D eigenvalue weighted by atomic mass is 35.5. The molecule has 2 rings (SSSR count). The van der Waals surface area contributed by atoms with Gasteiger partial charge in [-0.15, -0.1) is 0 Å². The number of benzene rings is 2. The van der Waals surface area contributed by atoms with E-state index in [1.54, 1.807) is 18.2 Å². The Morgan fingerprint density at radius 3 is 2.55 bits per heavy atom. The van der Waals surface area contributed by atoms with E-state index in [0.717, 1.165) is 17.0 Å². The molecule has 2 N–H and O–H groups in total. The van der Waals surface area contributed by atoms with Crippen LogP contribution in [-0.2, 0) is 4.79 Å². The summed E-state index contributed by atoms with van der Waals surface area (Å²) in [7, 11) is 0. The van der Waals surface area contributed by atoms with E-state index < -0.39 is 5.97 Å². The fraction of sp³-hybridized carbons (Fsp3) is 0.125. The van der Waals surface area contributed by atoms with Gasteiger partial charge in [0.05, 0.1) is 16.4 Å². The number of nitrogens with zero attached hydrogens (tertiary/aromatic N) is 1. The summed E-state index contributed by atoms with van der Waals surface area (Å²) in [5, 5.41) is 13.4. The third-order valence-electron chi connectivity index (χ3n) is 2.85. The molecule has 2 aromatic carbocycles. The predicted molar refractivity (Wildman–Crippen MR) is 86.9 cm³/mol. The average Bonchev–Trinajstić information content (AvgIpc) is 2.52. The Balaban J connectivity index is 2.03. The molecule has 22 heavy (non-hydrogen) atoms. The lowest BCUT2D eigenvalue weighted by Gasteiger charge is -2.07. The third kappa shape index (κ3) is 4.49. The molecular weight excluding hydrogens is 304 g/mol. The molecule has 6 heteroatoms. The average molecular weight is 319 g/mol. The van der Waals surface area contributed by atoms with Crippen LogP contribution in [0, 0.1) is 0 Å². The Hall–Kier alpha value is -2.53. The molecule has 5 nitrogen and oxygen atoms in total. The van der Waals surface area contributed by atoms with Gasteiger partial charge < -0.3 is 9.84 Å². The summed E-state index contributed by atoms with van der Waals surface area (Å²) in [6.45, 7) is 1.50. The molecule has 2 aromatic rings. The lowest BCUT2D eigenvalue weighted by Crippen LogP contribution is -2.09. The van der Waals surface area contributed by atoms with Crippen LogP contribution in [0.4, 0.5) is 5.69 Å². The van der Waals surface area contributed by atoms with Crippen LogP contribution in [0.5, 0.6) is 5.75 Å². The van der Waals surface area contributed by atoms with Crippen molar-refractivity contribution < 1.29 is 14.6 Å². The highest BCUT2D eigenvalue weighted by Gasteiger charge is 2.02.